The summed E-state index contributed by atoms with van der Waals surface area (Å²) in [6, 6.07) is 0. The van der Waals surface area contributed by atoms with Crippen molar-refractivity contribution in [3.8, 4) is 0 Å². The normalized spacial score (nSPS) is 20.3. The zero-order valence-electron chi connectivity index (χ0n) is 13.1. The maximum Gasteiger partial charge on any atom is 0.119 e. The summed E-state index contributed by atoms with van der Waals surface area (Å²) in [5.74, 6) is 0.685. The molecule has 0 amide bonds. The summed E-state index contributed by atoms with van der Waals surface area (Å²) in [6.45, 7) is 15.9. The lowest BCUT2D eigenvalue weighted by molar-refractivity contribution is 0.0816. The molecule has 3 heteroatoms. The van der Waals surface area contributed by atoms with E-state index < -0.39 is 0 Å². The van der Waals surface area contributed by atoms with Crippen LogP contribution in [0.2, 0.25) is 0 Å². The highest BCUT2D eigenvalue weighted by Crippen LogP contribution is 2.28. The third-order valence-corrected chi connectivity index (χ3v) is 3.19. The van der Waals surface area contributed by atoms with Crippen LogP contribution in [0.25, 0.3) is 0 Å². The summed E-state index contributed by atoms with van der Waals surface area (Å²) < 4.78 is 0. The first kappa shape index (κ1) is 15.3. The topological polar surface area (TPSA) is 18.8 Å². The van der Waals surface area contributed by atoms with Crippen LogP contribution in [0.4, 0.5) is 0 Å². The lowest BCUT2D eigenvalue weighted by Gasteiger charge is -2.35. The van der Waals surface area contributed by atoms with Crippen LogP contribution in [0, 0.1) is 11.3 Å². The molecular weight excluding hydrogens is 222 g/mol. The monoisotopic (exact) mass is 253 g/mol. The largest absolute Gasteiger partial charge is 0.339 e. The third-order valence-electron chi connectivity index (χ3n) is 3.19. The molecule has 1 heterocycles. The highest BCUT2D eigenvalue weighted by molar-refractivity contribution is 5.57. The number of hydrazone groups is 1. The fraction of sp³-hybridized carbons (Fsp3) is 0.933. The van der Waals surface area contributed by atoms with Gasteiger partial charge in [0.15, 0.2) is 0 Å². The van der Waals surface area contributed by atoms with Gasteiger partial charge in [0.1, 0.15) is 12.5 Å². The van der Waals surface area contributed by atoms with Gasteiger partial charge in [-0.25, -0.2) is 0 Å². The van der Waals surface area contributed by atoms with E-state index in [2.05, 4.69) is 56.6 Å². The number of rotatable bonds is 6. The van der Waals surface area contributed by atoms with Gasteiger partial charge in [0.05, 0.1) is 0 Å². The number of nitrogens with zero attached hydrogens (tertiary/aromatic N) is 3. The lowest BCUT2D eigenvalue weighted by atomic mass is 9.90. The van der Waals surface area contributed by atoms with E-state index in [4.69, 9.17) is 0 Å². The summed E-state index contributed by atoms with van der Waals surface area (Å²) in [4.78, 5) is 2.42. The zero-order valence-corrected chi connectivity index (χ0v) is 13.1. The molecule has 1 unspecified atom stereocenters. The molecule has 3 nitrogen and oxygen atoms in total. The van der Waals surface area contributed by atoms with Crippen molar-refractivity contribution in [3.05, 3.63) is 0 Å². The average molecular weight is 253 g/mol. The minimum Gasteiger partial charge on any atom is -0.339 e. The second kappa shape index (κ2) is 6.44. The van der Waals surface area contributed by atoms with Crippen LogP contribution in [-0.2, 0) is 0 Å². The van der Waals surface area contributed by atoms with Crippen molar-refractivity contribution in [2.24, 2.45) is 16.4 Å². The molecule has 0 radical (unpaired) electrons. The molecule has 0 fully saturated rings. The predicted molar refractivity (Wildman–Crippen MR) is 79.5 cm³/mol. The summed E-state index contributed by atoms with van der Waals surface area (Å²) in [6.07, 6.45) is 6.14. The Balaban J connectivity index is 2.65. The van der Waals surface area contributed by atoms with Crippen molar-refractivity contribution in [3.63, 3.8) is 0 Å². The fourth-order valence-electron chi connectivity index (χ4n) is 2.35. The van der Waals surface area contributed by atoms with Crippen LogP contribution in [0.3, 0.4) is 0 Å². The molecule has 1 atom stereocenters. The van der Waals surface area contributed by atoms with Gasteiger partial charge < -0.3 is 4.90 Å². The molecule has 0 saturated carbocycles. The Morgan fingerprint density at radius 3 is 2.44 bits per heavy atom. The van der Waals surface area contributed by atoms with E-state index in [1.54, 1.807) is 0 Å². The van der Waals surface area contributed by atoms with Gasteiger partial charge in [-0.1, -0.05) is 48.0 Å². The van der Waals surface area contributed by atoms with Gasteiger partial charge in [-0.15, -0.1) is 0 Å². The minimum atomic E-state index is 0.345. The maximum absolute atomic E-state index is 4.61. The predicted octanol–water partition coefficient (Wildman–Crippen LogP) is 3.77. The van der Waals surface area contributed by atoms with Crippen LogP contribution >= 0.6 is 0 Å². The lowest BCUT2D eigenvalue weighted by Crippen LogP contribution is -2.43. The second-order valence-corrected chi connectivity index (χ2v) is 7.08. The van der Waals surface area contributed by atoms with Gasteiger partial charge in [0.2, 0.25) is 0 Å². The van der Waals surface area contributed by atoms with E-state index in [9.17, 15) is 0 Å². The Morgan fingerprint density at radius 1 is 1.28 bits per heavy atom. The maximum atomic E-state index is 4.61. The Labute approximate surface area is 113 Å². The quantitative estimate of drug-likeness (QED) is 0.717. The molecule has 0 bridgehead atoms. The van der Waals surface area contributed by atoms with Crippen molar-refractivity contribution < 1.29 is 0 Å². The summed E-state index contributed by atoms with van der Waals surface area (Å²) in [5, 5.41) is 6.90. The van der Waals surface area contributed by atoms with E-state index in [0.29, 0.717) is 17.5 Å². The zero-order chi connectivity index (χ0) is 13.8. The van der Waals surface area contributed by atoms with Gasteiger partial charge in [-0.3, -0.25) is 5.01 Å². The third kappa shape index (κ3) is 4.87. The van der Waals surface area contributed by atoms with Crippen LogP contribution in [-0.4, -0.2) is 35.5 Å². The first-order valence-electron chi connectivity index (χ1n) is 7.40. The second-order valence-electron chi connectivity index (χ2n) is 7.08. The molecule has 0 aromatic carbocycles. The van der Waals surface area contributed by atoms with E-state index >= 15 is 0 Å². The van der Waals surface area contributed by atoms with Crippen LogP contribution < -0.4 is 0 Å². The van der Waals surface area contributed by atoms with E-state index in [1.807, 2.05) is 6.34 Å². The van der Waals surface area contributed by atoms with E-state index in [0.717, 1.165) is 13.1 Å². The molecule has 0 N–H and O–H groups in total. The van der Waals surface area contributed by atoms with Crippen LogP contribution in [0.1, 0.15) is 60.8 Å². The van der Waals surface area contributed by atoms with E-state index in [1.165, 1.54) is 19.3 Å². The van der Waals surface area contributed by atoms with Crippen LogP contribution in [0.15, 0.2) is 5.10 Å². The summed E-state index contributed by atoms with van der Waals surface area (Å²) in [5.41, 5.74) is 0.345. The van der Waals surface area contributed by atoms with E-state index in [-0.39, 0.29) is 0 Å². The van der Waals surface area contributed by atoms with Crippen molar-refractivity contribution in [1.29, 1.82) is 0 Å². The van der Waals surface area contributed by atoms with Crippen molar-refractivity contribution in [2.75, 3.05) is 13.1 Å². The summed E-state index contributed by atoms with van der Waals surface area (Å²) in [7, 11) is 0. The SMILES string of the molecule is CCCCN1N=CN(CC(C)C)C1CC(C)(C)C. The molecular formula is C15H31N3. The molecule has 1 aliphatic heterocycles. The van der Waals surface area contributed by atoms with Crippen LogP contribution in [0.5, 0.6) is 0 Å². The Bertz CT molecular complexity index is 265. The highest BCUT2D eigenvalue weighted by atomic mass is 15.6. The fourth-order valence-corrected chi connectivity index (χ4v) is 2.35. The Hall–Kier alpha value is -0.730. The average Bonchev–Trinajstić information content (AvgIpc) is 2.55. The molecule has 0 aromatic heterocycles. The molecule has 0 aromatic rings. The van der Waals surface area contributed by atoms with Gasteiger partial charge in [-0.05, 0) is 24.2 Å². The molecule has 0 aliphatic carbocycles. The van der Waals surface area contributed by atoms with Gasteiger partial charge in [0, 0.05) is 13.1 Å². The molecule has 0 spiro atoms. The smallest absolute Gasteiger partial charge is 0.119 e. The Kier molecular flexibility index (Phi) is 5.48. The molecule has 1 rings (SSSR count). The van der Waals surface area contributed by atoms with Crippen molar-refractivity contribution in [2.45, 2.75) is 67.0 Å². The Morgan fingerprint density at radius 2 is 1.94 bits per heavy atom. The number of hydrogen-bond acceptors (Lipinski definition) is 3. The van der Waals surface area contributed by atoms with Crippen molar-refractivity contribution >= 4 is 6.34 Å². The minimum absolute atomic E-state index is 0.345. The molecule has 106 valence electrons. The van der Waals surface area contributed by atoms with Gasteiger partial charge >= 0.3 is 0 Å². The first-order chi connectivity index (χ1) is 8.33. The molecule has 18 heavy (non-hydrogen) atoms. The van der Waals surface area contributed by atoms with Crippen molar-refractivity contribution in [1.82, 2.24) is 9.91 Å². The van der Waals surface area contributed by atoms with Gasteiger partial charge in [0.25, 0.3) is 0 Å². The molecule has 0 saturated heterocycles. The highest BCUT2D eigenvalue weighted by Gasteiger charge is 2.31. The van der Waals surface area contributed by atoms with Gasteiger partial charge in [-0.2, -0.15) is 5.10 Å². The number of unbranched alkanes of at least 4 members (excludes halogenated alkanes) is 1. The molecule has 1 aliphatic rings. The number of hydrogen-bond donors (Lipinski definition) is 0. The standard InChI is InChI=1S/C15H31N3/c1-7-8-9-18-14(10-15(4,5)6)17(12-16-18)11-13(2)3/h12-14H,7-11H2,1-6H3. The first-order valence-corrected chi connectivity index (χ1v) is 7.40. The summed E-state index contributed by atoms with van der Waals surface area (Å²) >= 11 is 0.